The predicted molar refractivity (Wildman–Crippen MR) is 126 cm³/mol. The van der Waals surface area contributed by atoms with Gasteiger partial charge in [0.25, 0.3) is 5.91 Å². The van der Waals surface area contributed by atoms with Crippen molar-refractivity contribution in [3.05, 3.63) is 70.4 Å². The third-order valence-corrected chi connectivity index (χ3v) is 6.83. The summed E-state index contributed by atoms with van der Waals surface area (Å²) in [7, 11) is 0. The number of carbonyl (C=O) groups is 3. The lowest BCUT2D eigenvalue weighted by molar-refractivity contribution is -0.121. The van der Waals surface area contributed by atoms with Gasteiger partial charge in [0.15, 0.2) is 0 Å². The molecular formula is C23H20ClF3N4O3S. The van der Waals surface area contributed by atoms with Crippen LogP contribution in [-0.4, -0.2) is 34.3 Å². The van der Waals surface area contributed by atoms with Crippen LogP contribution >= 0.6 is 23.4 Å². The van der Waals surface area contributed by atoms with E-state index in [0.717, 1.165) is 11.1 Å². The Kier molecular flexibility index (Phi) is 7.00. The summed E-state index contributed by atoms with van der Waals surface area (Å²) >= 11 is 5.56. The van der Waals surface area contributed by atoms with Crippen molar-refractivity contribution in [2.24, 2.45) is 0 Å². The molecule has 0 saturated carbocycles. The first-order valence-corrected chi connectivity index (χ1v) is 11.7. The quantitative estimate of drug-likeness (QED) is 0.479. The van der Waals surface area contributed by atoms with E-state index in [9.17, 15) is 27.6 Å². The monoisotopic (exact) mass is 524 g/mol. The molecule has 0 aromatic heterocycles. The molecule has 35 heavy (non-hydrogen) atoms. The van der Waals surface area contributed by atoms with Crippen LogP contribution < -0.4 is 16.0 Å². The number of urea groups is 1. The lowest BCUT2D eigenvalue weighted by atomic mass is 10.0. The molecule has 0 spiro atoms. The average molecular weight is 525 g/mol. The minimum Gasteiger partial charge on any atom is -0.334 e. The molecule has 1 unspecified atom stereocenters. The van der Waals surface area contributed by atoms with Gasteiger partial charge in [-0.05, 0) is 53.6 Å². The lowest BCUT2D eigenvalue weighted by Gasteiger charge is -2.32. The SMILES string of the molecule is C=C1NC(=O)CCC1N1Cc2cc(CNC(=O)Nc3ccc(SC(F)(F)F)c(Cl)c3)ccc2C1=O. The van der Waals surface area contributed by atoms with E-state index in [1.54, 1.807) is 17.0 Å². The second-order valence-corrected chi connectivity index (χ2v) is 9.57. The highest BCUT2D eigenvalue weighted by atomic mass is 35.5. The van der Waals surface area contributed by atoms with E-state index in [1.165, 1.54) is 18.2 Å². The molecule has 184 valence electrons. The predicted octanol–water partition coefficient (Wildman–Crippen LogP) is 5.02. The van der Waals surface area contributed by atoms with Gasteiger partial charge in [-0.1, -0.05) is 30.3 Å². The molecule has 2 aromatic carbocycles. The number of alkyl halides is 3. The molecule has 2 aliphatic heterocycles. The molecule has 2 aromatic rings. The third-order valence-electron chi connectivity index (χ3n) is 5.59. The zero-order chi connectivity index (χ0) is 25.3. The number of carbonyl (C=O) groups excluding carboxylic acids is 3. The summed E-state index contributed by atoms with van der Waals surface area (Å²) in [4.78, 5) is 38.2. The van der Waals surface area contributed by atoms with E-state index in [1.807, 2.05) is 6.07 Å². The van der Waals surface area contributed by atoms with Crippen molar-refractivity contribution >= 4 is 46.9 Å². The average Bonchev–Trinajstić information content (AvgIpc) is 3.09. The highest BCUT2D eigenvalue weighted by Gasteiger charge is 2.36. The molecule has 2 aliphatic rings. The van der Waals surface area contributed by atoms with E-state index in [2.05, 4.69) is 22.5 Å². The molecule has 3 N–H and O–H groups in total. The second-order valence-electron chi connectivity index (χ2n) is 8.05. The molecule has 0 aliphatic carbocycles. The van der Waals surface area contributed by atoms with Crippen LogP contribution in [0.4, 0.5) is 23.7 Å². The maximum Gasteiger partial charge on any atom is 0.446 e. The highest BCUT2D eigenvalue weighted by molar-refractivity contribution is 8.00. The maximum atomic E-state index is 12.8. The summed E-state index contributed by atoms with van der Waals surface area (Å²) < 4.78 is 37.6. The van der Waals surface area contributed by atoms with E-state index in [-0.39, 0.29) is 51.8 Å². The van der Waals surface area contributed by atoms with E-state index < -0.39 is 11.5 Å². The van der Waals surface area contributed by atoms with Gasteiger partial charge in [0.2, 0.25) is 5.91 Å². The fourth-order valence-corrected chi connectivity index (χ4v) is 4.85. The molecule has 12 heteroatoms. The first-order valence-electron chi connectivity index (χ1n) is 10.5. The largest absolute Gasteiger partial charge is 0.446 e. The Bertz CT molecular complexity index is 1220. The summed E-state index contributed by atoms with van der Waals surface area (Å²) in [6.07, 6.45) is 0.835. The highest BCUT2D eigenvalue weighted by Crippen LogP contribution is 2.41. The van der Waals surface area contributed by atoms with E-state index in [4.69, 9.17) is 11.6 Å². The van der Waals surface area contributed by atoms with Gasteiger partial charge in [-0.3, -0.25) is 9.59 Å². The van der Waals surface area contributed by atoms with E-state index >= 15 is 0 Å². The minimum atomic E-state index is -4.46. The molecule has 1 fully saturated rings. The molecule has 0 radical (unpaired) electrons. The van der Waals surface area contributed by atoms with Gasteiger partial charge in [-0.15, -0.1) is 0 Å². The molecule has 1 atom stereocenters. The van der Waals surface area contributed by atoms with Gasteiger partial charge in [-0.25, -0.2) is 4.79 Å². The molecule has 4 amide bonds. The second kappa shape index (κ2) is 9.82. The van der Waals surface area contributed by atoms with Crippen molar-refractivity contribution < 1.29 is 27.6 Å². The zero-order valence-electron chi connectivity index (χ0n) is 18.2. The van der Waals surface area contributed by atoms with Crippen LogP contribution in [0.25, 0.3) is 0 Å². The Morgan fingerprint density at radius 1 is 1.23 bits per heavy atom. The Balaban J connectivity index is 1.34. The standard InChI is InChI=1S/C23H20ClF3N4O3S/c1-12-18(5-7-20(32)29-12)31-11-14-8-13(2-4-16(14)21(31)33)10-28-22(34)30-15-3-6-19(17(24)9-15)35-23(25,26)27/h2-4,6,8-9,18H,1,5,7,10-11H2,(H,29,32)(H2,28,30,34). The fraction of sp³-hybridized carbons (Fsp3) is 0.261. The molecule has 2 heterocycles. The number of rotatable bonds is 5. The number of piperidine rings is 1. The molecule has 1 saturated heterocycles. The first kappa shape index (κ1) is 24.9. The number of hydrogen-bond donors (Lipinski definition) is 3. The van der Waals surface area contributed by atoms with Crippen LogP contribution in [0, 0.1) is 0 Å². The Labute approximate surface area is 208 Å². The van der Waals surface area contributed by atoms with Crippen molar-refractivity contribution in [1.29, 1.82) is 0 Å². The van der Waals surface area contributed by atoms with E-state index in [0.29, 0.717) is 30.6 Å². The molecule has 7 nitrogen and oxygen atoms in total. The van der Waals surface area contributed by atoms with Crippen LogP contribution in [0.5, 0.6) is 0 Å². The number of hydrogen-bond acceptors (Lipinski definition) is 4. The summed E-state index contributed by atoms with van der Waals surface area (Å²) in [5.74, 6) is -0.246. The van der Waals surface area contributed by atoms with Gasteiger partial charge < -0.3 is 20.9 Å². The lowest BCUT2D eigenvalue weighted by Crippen LogP contribution is -2.45. The maximum absolute atomic E-state index is 12.8. The number of fused-ring (bicyclic) bond motifs is 1. The van der Waals surface area contributed by atoms with Crippen molar-refractivity contribution in [2.45, 2.75) is 42.4 Å². The number of halogens is 4. The van der Waals surface area contributed by atoms with Gasteiger partial charge in [0.05, 0.1) is 11.1 Å². The van der Waals surface area contributed by atoms with Crippen molar-refractivity contribution in [3.63, 3.8) is 0 Å². The summed E-state index contributed by atoms with van der Waals surface area (Å²) in [5, 5.41) is 7.77. The summed E-state index contributed by atoms with van der Waals surface area (Å²) in [5.41, 5.74) is -1.58. The molecular weight excluding hydrogens is 505 g/mol. The number of benzene rings is 2. The van der Waals surface area contributed by atoms with Crippen LogP contribution in [-0.2, 0) is 17.9 Å². The molecule has 4 rings (SSSR count). The Hall–Kier alpha value is -3.18. The first-order chi connectivity index (χ1) is 16.5. The third kappa shape index (κ3) is 5.91. The van der Waals surface area contributed by atoms with Crippen molar-refractivity contribution in [3.8, 4) is 0 Å². The number of thioether (sulfide) groups is 1. The fourth-order valence-electron chi connectivity index (χ4n) is 4.01. The van der Waals surface area contributed by atoms with Crippen LogP contribution in [0.2, 0.25) is 5.02 Å². The number of nitrogens with one attached hydrogen (secondary N) is 3. The van der Waals surface area contributed by atoms with Crippen LogP contribution in [0.1, 0.15) is 34.3 Å². The van der Waals surface area contributed by atoms with Gasteiger partial charge in [0.1, 0.15) is 0 Å². The number of nitrogens with zero attached hydrogens (tertiary/aromatic N) is 1. The van der Waals surface area contributed by atoms with Crippen molar-refractivity contribution in [2.75, 3.05) is 5.32 Å². The zero-order valence-corrected chi connectivity index (χ0v) is 19.7. The van der Waals surface area contributed by atoms with Gasteiger partial charge in [-0.2, -0.15) is 13.2 Å². The number of anilines is 1. The normalized spacial score (nSPS) is 17.8. The Morgan fingerprint density at radius 3 is 2.69 bits per heavy atom. The smallest absolute Gasteiger partial charge is 0.334 e. The van der Waals surface area contributed by atoms with Gasteiger partial charge >= 0.3 is 11.5 Å². The molecule has 0 bridgehead atoms. The Morgan fingerprint density at radius 2 is 2.00 bits per heavy atom. The summed E-state index contributed by atoms with van der Waals surface area (Å²) in [6.45, 7) is 4.41. The van der Waals surface area contributed by atoms with Crippen molar-refractivity contribution in [1.82, 2.24) is 15.5 Å². The summed E-state index contributed by atoms with van der Waals surface area (Å²) in [6, 6.07) is 8.19. The van der Waals surface area contributed by atoms with Crippen LogP contribution in [0.3, 0.4) is 0 Å². The van der Waals surface area contributed by atoms with Crippen LogP contribution in [0.15, 0.2) is 53.6 Å². The minimum absolute atomic E-state index is 0.111. The topological polar surface area (TPSA) is 90.5 Å². The van der Waals surface area contributed by atoms with Gasteiger partial charge in [0, 0.05) is 41.4 Å². The number of amides is 4.